The molecule has 2 aromatic carbocycles. The van der Waals surface area contributed by atoms with Gasteiger partial charge in [-0.05, 0) is 37.3 Å². The van der Waals surface area contributed by atoms with Crippen LogP contribution in [-0.2, 0) is 12.8 Å². The third-order valence-electron chi connectivity index (χ3n) is 4.46. The van der Waals surface area contributed by atoms with Crippen LogP contribution in [0.3, 0.4) is 0 Å². The second kappa shape index (κ2) is 9.14. The molecule has 2 atom stereocenters. The quantitative estimate of drug-likeness (QED) is 0.640. The van der Waals surface area contributed by atoms with E-state index in [-0.39, 0.29) is 23.7 Å². The zero-order valence-corrected chi connectivity index (χ0v) is 15.5. The van der Waals surface area contributed by atoms with Gasteiger partial charge < -0.3 is 15.5 Å². The Hall–Kier alpha value is -2.92. The van der Waals surface area contributed by atoms with Gasteiger partial charge in [0.05, 0.1) is 6.04 Å². The number of carbonyl (C=O) groups excluding carboxylic acids is 1. The fourth-order valence-electron chi connectivity index (χ4n) is 2.92. The number of aryl methyl sites for hydroxylation is 1. The molecule has 1 heterocycles. The van der Waals surface area contributed by atoms with Crippen LogP contribution in [0.1, 0.15) is 46.9 Å². The van der Waals surface area contributed by atoms with Crippen molar-refractivity contribution in [2.75, 3.05) is 0 Å². The zero-order chi connectivity index (χ0) is 19.1. The molecule has 140 valence electrons. The highest BCUT2D eigenvalue weighted by Gasteiger charge is 2.18. The summed E-state index contributed by atoms with van der Waals surface area (Å²) in [5.74, 6) is 0.137. The number of nitrogens with zero attached hydrogens (tertiary/aromatic N) is 1. The highest BCUT2D eigenvalue weighted by atomic mass is 16.3. The number of nitrogens with one attached hydrogen (secondary N) is 1. The molecule has 27 heavy (non-hydrogen) atoms. The molecule has 3 rings (SSSR count). The van der Waals surface area contributed by atoms with Crippen molar-refractivity contribution in [3.8, 4) is 0 Å². The Balaban J connectivity index is 1.51. The molecule has 0 saturated carbocycles. The summed E-state index contributed by atoms with van der Waals surface area (Å²) in [6.07, 6.45) is 3.75. The first-order valence-corrected chi connectivity index (χ1v) is 9.21. The van der Waals surface area contributed by atoms with Crippen molar-refractivity contribution in [2.24, 2.45) is 5.73 Å². The summed E-state index contributed by atoms with van der Waals surface area (Å²) in [5, 5.41) is 2.97. The molecule has 0 aliphatic carbocycles. The van der Waals surface area contributed by atoms with Crippen molar-refractivity contribution in [3.63, 3.8) is 0 Å². The summed E-state index contributed by atoms with van der Waals surface area (Å²) in [6, 6.07) is 19.8. The molecule has 5 heteroatoms. The molecule has 0 fully saturated rings. The minimum atomic E-state index is -0.385. The normalized spacial score (nSPS) is 13.1. The molecule has 5 nitrogen and oxygen atoms in total. The van der Waals surface area contributed by atoms with Gasteiger partial charge in [0.1, 0.15) is 6.26 Å². The van der Waals surface area contributed by atoms with Gasteiger partial charge in [-0.1, -0.05) is 60.7 Å². The van der Waals surface area contributed by atoms with Crippen LogP contribution in [0.4, 0.5) is 0 Å². The van der Waals surface area contributed by atoms with Gasteiger partial charge in [0.25, 0.3) is 5.91 Å². The molecule has 0 saturated heterocycles. The van der Waals surface area contributed by atoms with Crippen LogP contribution < -0.4 is 11.1 Å². The maximum absolute atomic E-state index is 12.4. The van der Waals surface area contributed by atoms with Gasteiger partial charge in [-0.2, -0.15) is 0 Å². The van der Waals surface area contributed by atoms with Crippen molar-refractivity contribution in [1.29, 1.82) is 0 Å². The van der Waals surface area contributed by atoms with E-state index in [0.717, 1.165) is 18.4 Å². The Bertz CT molecular complexity index is 846. The number of rotatable bonds is 8. The lowest BCUT2D eigenvalue weighted by Gasteiger charge is -2.12. The SMILES string of the molecule is CC(CCc1ccccc1)NC(=O)c1coc(C(N)Cc2ccccc2)n1. The molecule has 0 spiro atoms. The number of amides is 1. The smallest absolute Gasteiger partial charge is 0.273 e. The molecule has 3 N–H and O–H groups in total. The Morgan fingerprint density at radius 1 is 1.07 bits per heavy atom. The lowest BCUT2D eigenvalue weighted by atomic mass is 10.1. The van der Waals surface area contributed by atoms with Crippen LogP contribution >= 0.6 is 0 Å². The van der Waals surface area contributed by atoms with Crippen LogP contribution in [0.2, 0.25) is 0 Å². The molecular weight excluding hydrogens is 338 g/mol. The van der Waals surface area contributed by atoms with Gasteiger partial charge in [0.2, 0.25) is 5.89 Å². The first-order valence-electron chi connectivity index (χ1n) is 9.21. The van der Waals surface area contributed by atoms with Gasteiger partial charge in [0, 0.05) is 6.04 Å². The number of benzene rings is 2. The van der Waals surface area contributed by atoms with Crippen LogP contribution in [0.15, 0.2) is 71.3 Å². The minimum absolute atomic E-state index is 0.0378. The number of carbonyl (C=O) groups is 1. The Labute approximate surface area is 159 Å². The first-order chi connectivity index (χ1) is 13.1. The predicted molar refractivity (Wildman–Crippen MR) is 105 cm³/mol. The molecule has 1 amide bonds. The van der Waals surface area contributed by atoms with E-state index in [4.69, 9.17) is 10.2 Å². The van der Waals surface area contributed by atoms with Crippen LogP contribution in [0, 0.1) is 0 Å². The summed E-state index contributed by atoms with van der Waals surface area (Å²) in [6.45, 7) is 1.99. The van der Waals surface area contributed by atoms with E-state index < -0.39 is 0 Å². The van der Waals surface area contributed by atoms with Gasteiger partial charge in [0.15, 0.2) is 5.69 Å². The van der Waals surface area contributed by atoms with Gasteiger partial charge in [-0.15, -0.1) is 0 Å². The fraction of sp³-hybridized carbons (Fsp3) is 0.273. The standard InChI is InChI=1S/C22H25N3O2/c1-16(12-13-17-8-4-2-5-9-17)24-21(26)20-15-27-22(25-20)19(23)14-18-10-6-3-7-11-18/h2-11,15-16,19H,12-14,23H2,1H3,(H,24,26). The average Bonchev–Trinajstić information content (AvgIpc) is 3.19. The predicted octanol–water partition coefficient (Wildman–Crippen LogP) is 3.67. The number of hydrogen-bond acceptors (Lipinski definition) is 4. The van der Waals surface area contributed by atoms with E-state index >= 15 is 0 Å². The number of aromatic nitrogens is 1. The lowest BCUT2D eigenvalue weighted by Crippen LogP contribution is -2.33. The topological polar surface area (TPSA) is 81.2 Å². The lowest BCUT2D eigenvalue weighted by molar-refractivity contribution is 0.0933. The van der Waals surface area contributed by atoms with E-state index in [2.05, 4.69) is 22.4 Å². The Morgan fingerprint density at radius 2 is 1.70 bits per heavy atom. The molecule has 3 aromatic rings. The number of nitrogens with two attached hydrogens (primary N) is 1. The maximum atomic E-state index is 12.4. The molecule has 2 unspecified atom stereocenters. The van der Waals surface area contributed by atoms with Crippen molar-refractivity contribution in [2.45, 2.75) is 38.3 Å². The Kier molecular flexibility index (Phi) is 6.39. The molecule has 0 aliphatic heterocycles. The first kappa shape index (κ1) is 18.9. The second-order valence-corrected chi connectivity index (χ2v) is 6.77. The van der Waals surface area contributed by atoms with Crippen molar-refractivity contribution in [1.82, 2.24) is 10.3 Å². The summed E-state index contributed by atoms with van der Waals surface area (Å²) in [5.41, 5.74) is 8.79. The third-order valence-corrected chi connectivity index (χ3v) is 4.46. The van der Waals surface area contributed by atoms with Crippen LogP contribution in [0.25, 0.3) is 0 Å². The second-order valence-electron chi connectivity index (χ2n) is 6.77. The summed E-state index contributed by atoms with van der Waals surface area (Å²) >= 11 is 0. The van der Waals surface area contributed by atoms with Crippen molar-refractivity contribution >= 4 is 5.91 Å². The minimum Gasteiger partial charge on any atom is -0.446 e. The van der Waals surface area contributed by atoms with E-state index in [0.29, 0.717) is 12.3 Å². The summed E-state index contributed by atoms with van der Waals surface area (Å²) in [4.78, 5) is 16.7. The third kappa shape index (κ3) is 5.53. The molecule has 0 radical (unpaired) electrons. The molecule has 1 aromatic heterocycles. The number of oxazole rings is 1. The highest BCUT2D eigenvalue weighted by molar-refractivity contribution is 5.92. The molecule has 0 aliphatic rings. The summed E-state index contributed by atoms with van der Waals surface area (Å²) in [7, 11) is 0. The molecular formula is C22H25N3O2. The van der Waals surface area contributed by atoms with E-state index in [9.17, 15) is 4.79 Å². The average molecular weight is 363 g/mol. The molecule has 0 bridgehead atoms. The monoisotopic (exact) mass is 363 g/mol. The highest BCUT2D eigenvalue weighted by Crippen LogP contribution is 2.16. The largest absolute Gasteiger partial charge is 0.446 e. The van der Waals surface area contributed by atoms with Crippen molar-refractivity contribution < 1.29 is 9.21 Å². The van der Waals surface area contributed by atoms with Crippen LogP contribution in [0.5, 0.6) is 0 Å². The fourth-order valence-corrected chi connectivity index (χ4v) is 2.92. The van der Waals surface area contributed by atoms with Gasteiger partial charge >= 0.3 is 0 Å². The number of hydrogen-bond donors (Lipinski definition) is 2. The zero-order valence-electron chi connectivity index (χ0n) is 15.5. The van der Waals surface area contributed by atoms with Gasteiger partial charge in [-0.3, -0.25) is 4.79 Å². The van der Waals surface area contributed by atoms with Crippen molar-refractivity contribution in [3.05, 3.63) is 89.6 Å². The Morgan fingerprint density at radius 3 is 2.37 bits per heavy atom. The van der Waals surface area contributed by atoms with E-state index in [1.807, 2.05) is 55.5 Å². The van der Waals surface area contributed by atoms with E-state index in [1.165, 1.54) is 11.8 Å². The maximum Gasteiger partial charge on any atom is 0.273 e. The summed E-state index contributed by atoms with van der Waals surface area (Å²) < 4.78 is 5.43. The van der Waals surface area contributed by atoms with Gasteiger partial charge in [-0.25, -0.2) is 4.98 Å². The van der Waals surface area contributed by atoms with Crippen LogP contribution in [-0.4, -0.2) is 16.9 Å². The van der Waals surface area contributed by atoms with E-state index in [1.54, 1.807) is 0 Å².